The largest absolute Gasteiger partial charge is 0.392 e. The summed E-state index contributed by atoms with van der Waals surface area (Å²) < 4.78 is 0. The molecule has 0 aliphatic heterocycles. The van der Waals surface area contributed by atoms with Crippen molar-refractivity contribution in [2.24, 2.45) is 0 Å². The van der Waals surface area contributed by atoms with Crippen molar-refractivity contribution in [3.63, 3.8) is 0 Å². The van der Waals surface area contributed by atoms with E-state index in [9.17, 15) is 0 Å². The molecule has 5 heteroatoms. The molecule has 2 aromatic rings. The van der Waals surface area contributed by atoms with Gasteiger partial charge in [-0.1, -0.05) is 0 Å². The van der Waals surface area contributed by atoms with E-state index in [0.29, 0.717) is 11.2 Å². The van der Waals surface area contributed by atoms with Crippen LogP contribution in [0.4, 0.5) is 0 Å². The van der Waals surface area contributed by atoms with Crippen molar-refractivity contribution in [2.75, 3.05) is 0 Å². The van der Waals surface area contributed by atoms with Crippen LogP contribution >= 0.6 is 0 Å². The first-order chi connectivity index (χ1) is 5.42. The van der Waals surface area contributed by atoms with Gasteiger partial charge in [-0.2, -0.15) is 10.3 Å². The molecule has 0 saturated heterocycles. The van der Waals surface area contributed by atoms with Crippen molar-refractivity contribution < 1.29 is 5.11 Å². The fourth-order valence-electron chi connectivity index (χ4n) is 0.935. The lowest BCUT2D eigenvalue weighted by Crippen LogP contribution is -1.86. The van der Waals surface area contributed by atoms with Crippen molar-refractivity contribution in [3.05, 3.63) is 17.8 Å². The van der Waals surface area contributed by atoms with E-state index in [1.165, 1.54) is 0 Å². The summed E-state index contributed by atoms with van der Waals surface area (Å²) in [6.07, 6.45) is 1.59. The molecule has 0 spiro atoms. The molecule has 0 radical (unpaired) electrons. The Bertz CT molecular complexity index is 369. The molecule has 0 amide bonds. The third-order valence-electron chi connectivity index (χ3n) is 1.48. The first-order valence-electron chi connectivity index (χ1n) is 3.17. The Morgan fingerprint density at radius 3 is 3.18 bits per heavy atom. The molecule has 0 aliphatic carbocycles. The second-order valence-corrected chi connectivity index (χ2v) is 2.12. The molecule has 2 rings (SSSR count). The van der Waals surface area contributed by atoms with E-state index < -0.39 is 0 Å². The maximum absolute atomic E-state index is 8.84. The Morgan fingerprint density at radius 2 is 2.36 bits per heavy atom. The summed E-state index contributed by atoms with van der Waals surface area (Å²) in [7, 11) is 0. The van der Waals surface area contributed by atoms with E-state index in [0.717, 1.165) is 5.56 Å². The highest BCUT2D eigenvalue weighted by Gasteiger charge is 2.02. The van der Waals surface area contributed by atoms with Crippen LogP contribution in [0.3, 0.4) is 0 Å². The van der Waals surface area contributed by atoms with Crippen molar-refractivity contribution in [3.8, 4) is 0 Å². The molecule has 5 nitrogen and oxygen atoms in total. The number of rotatable bonds is 1. The van der Waals surface area contributed by atoms with Crippen LogP contribution in [0.5, 0.6) is 0 Å². The Morgan fingerprint density at radius 1 is 1.45 bits per heavy atom. The van der Waals surface area contributed by atoms with Gasteiger partial charge in [0.05, 0.1) is 6.61 Å². The summed E-state index contributed by atoms with van der Waals surface area (Å²) in [4.78, 5) is 3.93. The van der Waals surface area contributed by atoms with Crippen LogP contribution in [-0.4, -0.2) is 25.5 Å². The van der Waals surface area contributed by atoms with Crippen LogP contribution in [0.2, 0.25) is 0 Å². The monoisotopic (exact) mass is 150 g/mol. The Labute approximate surface area is 62.1 Å². The predicted octanol–water partition coefficient (Wildman–Crippen LogP) is -0.155. The van der Waals surface area contributed by atoms with Crippen LogP contribution in [0.1, 0.15) is 5.56 Å². The Kier molecular flexibility index (Phi) is 1.29. The molecule has 0 aromatic carbocycles. The number of hydrogen-bond donors (Lipinski definition) is 2. The first-order valence-corrected chi connectivity index (χ1v) is 3.17. The zero-order valence-electron chi connectivity index (χ0n) is 5.65. The lowest BCUT2D eigenvalue weighted by atomic mass is 10.2. The normalized spacial score (nSPS) is 10.6. The first kappa shape index (κ1) is 6.23. The van der Waals surface area contributed by atoms with Crippen LogP contribution in [0.25, 0.3) is 11.2 Å². The number of aromatic nitrogens is 4. The summed E-state index contributed by atoms with van der Waals surface area (Å²) in [5.74, 6) is 0. The SMILES string of the molecule is OCc1ccnc2n[nH]nc12. The summed E-state index contributed by atoms with van der Waals surface area (Å²) in [5, 5.41) is 18.9. The fourth-order valence-corrected chi connectivity index (χ4v) is 0.935. The number of pyridine rings is 1. The lowest BCUT2D eigenvalue weighted by Gasteiger charge is -1.92. The van der Waals surface area contributed by atoms with Gasteiger partial charge in [0.25, 0.3) is 0 Å². The molecule has 0 fully saturated rings. The standard InChI is InChI=1S/C6H6N4O/c11-3-4-1-2-7-6-5(4)8-10-9-6/h1-2,11H,3H2,(H,7,8,9,10). The van der Waals surface area contributed by atoms with Crippen LogP contribution in [0.15, 0.2) is 12.3 Å². The van der Waals surface area contributed by atoms with Crippen LogP contribution in [0, 0.1) is 0 Å². The van der Waals surface area contributed by atoms with Gasteiger partial charge in [-0.25, -0.2) is 4.98 Å². The number of hydrogen-bond acceptors (Lipinski definition) is 4. The third-order valence-corrected chi connectivity index (χ3v) is 1.48. The van der Waals surface area contributed by atoms with Gasteiger partial charge in [0.1, 0.15) is 5.52 Å². The fraction of sp³-hybridized carbons (Fsp3) is 0.167. The molecule has 0 atom stereocenters. The number of nitrogens with zero attached hydrogens (tertiary/aromatic N) is 3. The average Bonchev–Trinajstić information content (AvgIpc) is 2.50. The summed E-state index contributed by atoms with van der Waals surface area (Å²) in [5.41, 5.74) is 1.91. The molecule has 0 saturated carbocycles. The van der Waals surface area contributed by atoms with E-state index in [4.69, 9.17) is 5.11 Å². The molecule has 2 aromatic heterocycles. The molecule has 56 valence electrons. The number of H-pyrrole nitrogens is 1. The van der Waals surface area contributed by atoms with Gasteiger partial charge in [-0.15, -0.1) is 5.10 Å². The summed E-state index contributed by atoms with van der Waals surface area (Å²) in [6.45, 7) is -0.0362. The smallest absolute Gasteiger partial charge is 0.201 e. The lowest BCUT2D eigenvalue weighted by molar-refractivity contribution is 0.283. The highest BCUT2D eigenvalue weighted by Crippen LogP contribution is 2.09. The quantitative estimate of drug-likeness (QED) is 0.592. The second-order valence-electron chi connectivity index (χ2n) is 2.12. The Balaban J connectivity index is 2.79. The van der Waals surface area contributed by atoms with Gasteiger partial charge < -0.3 is 5.11 Å². The van der Waals surface area contributed by atoms with Gasteiger partial charge in [-0.3, -0.25) is 0 Å². The Hall–Kier alpha value is -1.49. The second kappa shape index (κ2) is 2.28. The van der Waals surface area contributed by atoms with E-state index in [1.54, 1.807) is 12.3 Å². The number of aliphatic hydroxyl groups is 1. The zero-order valence-corrected chi connectivity index (χ0v) is 5.65. The third kappa shape index (κ3) is 0.857. The minimum atomic E-state index is -0.0362. The number of nitrogens with one attached hydrogen (secondary N) is 1. The zero-order chi connectivity index (χ0) is 7.68. The van der Waals surface area contributed by atoms with Gasteiger partial charge >= 0.3 is 0 Å². The molecular weight excluding hydrogens is 144 g/mol. The predicted molar refractivity (Wildman–Crippen MR) is 37.6 cm³/mol. The maximum atomic E-state index is 8.84. The molecule has 0 aliphatic rings. The minimum Gasteiger partial charge on any atom is -0.392 e. The highest BCUT2D eigenvalue weighted by atomic mass is 16.3. The topological polar surface area (TPSA) is 74.7 Å². The molecular formula is C6H6N4O. The molecule has 0 bridgehead atoms. The maximum Gasteiger partial charge on any atom is 0.201 e. The van der Waals surface area contributed by atoms with E-state index >= 15 is 0 Å². The van der Waals surface area contributed by atoms with Crippen LogP contribution in [-0.2, 0) is 6.61 Å². The van der Waals surface area contributed by atoms with Crippen molar-refractivity contribution in [2.45, 2.75) is 6.61 Å². The van der Waals surface area contributed by atoms with E-state index in [1.807, 2.05) is 0 Å². The van der Waals surface area contributed by atoms with Crippen molar-refractivity contribution in [1.29, 1.82) is 0 Å². The van der Waals surface area contributed by atoms with Gasteiger partial charge in [0.15, 0.2) is 0 Å². The number of fused-ring (bicyclic) bond motifs is 1. The van der Waals surface area contributed by atoms with Crippen molar-refractivity contribution >= 4 is 11.2 Å². The van der Waals surface area contributed by atoms with Crippen LogP contribution < -0.4 is 0 Å². The molecule has 0 unspecified atom stereocenters. The number of aromatic amines is 1. The summed E-state index contributed by atoms with van der Waals surface area (Å²) >= 11 is 0. The molecule has 11 heavy (non-hydrogen) atoms. The van der Waals surface area contributed by atoms with Crippen molar-refractivity contribution in [1.82, 2.24) is 20.4 Å². The number of aliphatic hydroxyl groups excluding tert-OH is 1. The average molecular weight is 150 g/mol. The summed E-state index contributed by atoms with van der Waals surface area (Å²) in [6, 6.07) is 1.71. The highest BCUT2D eigenvalue weighted by molar-refractivity contribution is 5.72. The molecule has 2 heterocycles. The van der Waals surface area contributed by atoms with E-state index in [2.05, 4.69) is 20.4 Å². The van der Waals surface area contributed by atoms with Gasteiger partial charge in [0, 0.05) is 11.8 Å². The minimum absolute atomic E-state index is 0.0362. The molecule has 2 N–H and O–H groups in total. The van der Waals surface area contributed by atoms with Gasteiger partial charge in [-0.05, 0) is 6.07 Å². The van der Waals surface area contributed by atoms with Gasteiger partial charge in [0.2, 0.25) is 5.65 Å². The van der Waals surface area contributed by atoms with E-state index in [-0.39, 0.29) is 6.61 Å².